The normalized spacial score (nSPS) is 12.0. The van der Waals surface area contributed by atoms with Crippen LogP contribution in [0.25, 0.3) is 0 Å². The largest absolute Gasteiger partial charge is 0.355 e. The Hall–Kier alpha value is -3.07. The number of anilines is 1. The number of sulfonamides is 1. The van der Waals surface area contributed by atoms with E-state index in [9.17, 15) is 18.0 Å². The summed E-state index contributed by atoms with van der Waals surface area (Å²) in [4.78, 5) is 27.9. The predicted molar refractivity (Wildman–Crippen MR) is 147 cm³/mol. The van der Waals surface area contributed by atoms with Crippen molar-refractivity contribution in [1.82, 2.24) is 10.2 Å². The molecule has 1 N–H and O–H groups in total. The molecule has 0 aromatic heterocycles. The fraction of sp³-hybridized carbons (Fsp3) is 0.259. The van der Waals surface area contributed by atoms with Crippen LogP contribution in [0.4, 0.5) is 5.69 Å². The second kappa shape index (κ2) is 12.4. The molecule has 0 saturated heterocycles. The monoisotopic (exact) mass is 561 g/mol. The highest BCUT2D eigenvalue weighted by molar-refractivity contribution is 7.92. The van der Waals surface area contributed by atoms with Crippen LogP contribution in [-0.4, -0.2) is 44.3 Å². The molecular formula is C27H29Cl2N3O4S. The van der Waals surface area contributed by atoms with E-state index in [0.29, 0.717) is 27.8 Å². The number of carbonyl (C=O) groups excluding carboxylic acids is 2. The zero-order valence-corrected chi connectivity index (χ0v) is 23.1. The average Bonchev–Trinajstić information content (AvgIpc) is 2.88. The third kappa shape index (κ3) is 7.03. The van der Waals surface area contributed by atoms with Crippen LogP contribution in [0, 0.1) is 6.92 Å². The Morgan fingerprint density at radius 3 is 2.19 bits per heavy atom. The lowest BCUT2D eigenvalue weighted by atomic mass is 10.1. The molecule has 0 bridgehead atoms. The summed E-state index contributed by atoms with van der Waals surface area (Å²) in [6.45, 7) is 5.14. The molecule has 3 rings (SSSR count). The van der Waals surface area contributed by atoms with Crippen molar-refractivity contribution >= 4 is 50.7 Å². The van der Waals surface area contributed by atoms with Crippen molar-refractivity contribution in [2.24, 2.45) is 0 Å². The van der Waals surface area contributed by atoms with Gasteiger partial charge in [-0.05, 0) is 62.7 Å². The zero-order chi connectivity index (χ0) is 27.2. The molecule has 0 fully saturated rings. The summed E-state index contributed by atoms with van der Waals surface area (Å²) >= 11 is 12.2. The molecule has 1 atom stereocenters. The summed E-state index contributed by atoms with van der Waals surface area (Å²) in [6, 6.07) is 18.9. The Morgan fingerprint density at radius 1 is 0.946 bits per heavy atom. The van der Waals surface area contributed by atoms with Crippen LogP contribution in [0.2, 0.25) is 10.0 Å². The predicted octanol–water partition coefficient (Wildman–Crippen LogP) is 5.05. The van der Waals surface area contributed by atoms with Crippen LogP contribution < -0.4 is 9.62 Å². The molecule has 0 heterocycles. The highest BCUT2D eigenvalue weighted by Gasteiger charge is 2.32. The first-order valence-corrected chi connectivity index (χ1v) is 13.9. The summed E-state index contributed by atoms with van der Waals surface area (Å²) in [5.41, 5.74) is 1.88. The van der Waals surface area contributed by atoms with E-state index in [0.717, 1.165) is 9.87 Å². The van der Waals surface area contributed by atoms with Gasteiger partial charge < -0.3 is 10.2 Å². The number of nitrogens with zero attached hydrogens (tertiary/aromatic N) is 2. The fourth-order valence-electron chi connectivity index (χ4n) is 3.70. The van der Waals surface area contributed by atoms with E-state index in [-0.39, 0.29) is 17.3 Å². The Kier molecular flexibility index (Phi) is 9.59. The number of nitrogens with one attached hydrogen (secondary N) is 1. The molecule has 10 heteroatoms. The topological polar surface area (TPSA) is 86.8 Å². The lowest BCUT2D eigenvalue weighted by molar-refractivity contribution is -0.139. The highest BCUT2D eigenvalue weighted by atomic mass is 35.5. The highest BCUT2D eigenvalue weighted by Crippen LogP contribution is 2.26. The van der Waals surface area contributed by atoms with Gasteiger partial charge in [0.1, 0.15) is 12.6 Å². The lowest BCUT2D eigenvalue weighted by Crippen LogP contribution is -2.51. The van der Waals surface area contributed by atoms with E-state index in [1.807, 2.05) is 6.92 Å². The Bertz CT molecular complexity index is 1350. The number of rotatable bonds is 10. The first kappa shape index (κ1) is 28.5. The summed E-state index contributed by atoms with van der Waals surface area (Å²) in [7, 11) is -4.09. The molecule has 0 aliphatic heterocycles. The molecule has 3 aromatic rings. The quantitative estimate of drug-likeness (QED) is 0.375. The molecule has 2 amide bonds. The van der Waals surface area contributed by atoms with Gasteiger partial charge in [0.05, 0.1) is 20.6 Å². The van der Waals surface area contributed by atoms with E-state index in [2.05, 4.69) is 5.32 Å². The van der Waals surface area contributed by atoms with Crippen LogP contribution in [-0.2, 0) is 26.2 Å². The molecule has 196 valence electrons. The molecule has 0 aliphatic rings. The molecule has 37 heavy (non-hydrogen) atoms. The summed E-state index contributed by atoms with van der Waals surface area (Å²) in [5, 5.41) is 3.39. The Balaban J connectivity index is 2.01. The first-order chi connectivity index (χ1) is 17.5. The Morgan fingerprint density at radius 2 is 1.59 bits per heavy atom. The molecule has 0 spiro atoms. The number of halogens is 2. The SMILES string of the molecule is CCNC(=O)[C@H](C)N(Cc1ccc(Cl)c(Cl)c1)C(=O)CN(c1ccccc1)S(=O)(=O)c1ccc(C)cc1. The Labute approximate surface area is 228 Å². The van der Waals surface area contributed by atoms with Gasteiger partial charge in [-0.2, -0.15) is 0 Å². The first-order valence-electron chi connectivity index (χ1n) is 11.7. The van der Waals surface area contributed by atoms with Crippen LogP contribution in [0.1, 0.15) is 25.0 Å². The number of carbonyl (C=O) groups is 2. The van der Waals surface area contributed by atoms with Gasteiger partial charge in [0, 0.05) is 13.1 Å². The van der Waals surface area contributed by atoms with Crippen LogP contribution in [0.3, 0.4) is 0 Å². The molecule has 0 radical (unpaired) electrons. The van der Waals surface area contributed by atoms with E-state index in [1.54, 1.807) is 74.5 Å². The number of para-hydroxylation sites is 1. The number of hydrogen-bond donors (Lipinski definition) is 1. The minimum absolute atomic E-state index is 0.0290. The van der Waals surface area contributed by atoms with Crippen molar-refractivity contribution < 1.29 is 18.0 Å². The maximum atomic E-state index is 13.7. The van der Waals surface area contributed by atoms with E-state index < -0.39 is 28.5 Å². The molecular weight excluding hydrogens is 533 g/mol. The van der Waals surface area contributed by atoms with Gasteiger partial charge in [0.25, 0.3) is 10.0 Å². The van der Waals surface area contributed by atoms with Crippen molar-refractivity contribution in [1.29, 1.82) is 0 Å². The molecule has 3 aromatic carbocycles. The summed E-state index contributed by atoms with van der Waals surface area (Å²) < 4.78 is 28.4. The number of likely N-dealkylation sites (N-methyl/N-ethyl adjacent to an activating group) is 1. The lowest BCUT2D eigenvalue weighted by Gasteiger charge is -2.32. The van der Waals surface area contributed by atoms with Crippen molar-refractivity contribution in [3.8, 4) is 0 Å². The van der Waals surface area contributed by atoms with Crippen LogP contribution in [0.5, 0.6) is 0 Å². The van der Waals surface area contributed by atoms with Gasteiger partial charge in [0.2, 0.25) is 11.8 Å². The van der Waals surface area contributed by atoms with Gasteiger partial charge in [-0.25, -0.2) is 8.42 Å². The summed E-state index contributed by atoms with van der Waals surface area (Å²) in [6.07, 6.45) is 0. The molecule has 0 saturated carbocycles. The van der Waals surface area contributed by atoms with Crippen molar-refractivity contribution in [3.63, 3.8) is 0 Å². The van der Waals surface area contributed by atoms with Crippen molar-refractivity contribution in [3.05, 3.63) is 94.0 Å². The number of amides is 2. The van der Waals surface area contributed by atoms with E-state index in [1.165, 1.54) is 17.0 Å². The average molecular weight is 563 g/mol. The zero-order valence-electron chi connectivity index (χ0n) is 20.8. The standard InChI is InChI=1S/C27H29Cl2N3O4S/c1-4-30-27(34)20(3)31(17-21-12-15-24(28)25(29)16-21)26(33)18-32(22-8-6-5-7-9-22)37(35,36)23-13-10-19(2)11-14-23/h5-16,20H,4,17-18H2,1-3H3,(H,30,34)/t20-/m0/s1. The number of benzene rings is 3. The molecule has 7 nitrogen and oxygen atoms in total. The molecule has 0 aliphatic carbocycles. The fourth-order valence-corrected chi connectivity index (χ4v) is 5.43. The summed E-state index contributed by atoms with van der Waals surface area (Å²) in [5.74, 6) is -0.909. The van der Waals surface area contributed by atoms with Crippen LogP contribution in [0.15, 0.2) is 77.7 Å². The van der Waals surface area contributed by atoms with Gasteiger partial charge in [-0.1, -0.05) is 65.2 Å². The van der Waals surface area contributed by atoms with Gasteiger partial charge >= 0.3 is 0 Å². The van der Waals surface area contributed by atoms with Crippen LogP contribution >= 0.6 is 23.2 Å². The minimum Gasteiger partial charge on any atom is -0.355 e. The number of aryl methyl sites for hydroxylation is 1. The van der Waals surface area contributed by atoms with Gasteiger partial charge in [0.15, 0.2) is 0 Å². The van der Waals surface area contributed by atoms with E-state index in [4.69, 9.17) is 23.2 Å². The molecule has 0 unspecified atom stereocenters. The van der Waals surface area contributed by atoms with Crippen molar-refractivity contribution in [2.45, 2.75) is 38.3 Å². The van der Waals surface area contributed by atoms with E-state index >= 15 is 0 Å². The second-order valence-corrected chi connectivity index (χ2v) is 11.2. The van der Waals surface area contributed by atoms with Crippen molar-refractivity contribution in [2.75, 3.05) is 17.4 Å². The minimum atomic E-state index is -4.09. The maximum absolute atomic E-state index is 13.7. The van der Waals surface area contributed by atoms with Gasteiger partial charge in [-0.15, -0.1) is 0 Å². The maximum Gasteiger partial charge on any atom is 0.264 e. The smallest absolute Gasteiger partial charge is 0.264 e. The van der Waals surface area contributed by atoms with Gasteiger partial charge in [-0.3, -0.25) is 13.9 Å². The third-order valence-electron chi connectivity index (χ3n) is 5.79. The third-order valence-corrected chi connectivity index (χ3v) is 8.31. The number of hydrogen-bond acceptors (Lipinski definition) is 4. The second-order valence-electron chi connectivity index (χ2n) is 8.50.